The Labute approximate surface area is 227 Å². The molecule has 2 amide bonds. The number of carbonyl (C=O) groups excluding carboxylic acids is 2. The second-order valence-corrected chi connectivity index (χ2v) is 10.7. The Kier molecular flexibility index (Phi) is 6.20. The van der Waals surface area contributed by atoms with E-state index in [0.29, 0.717) is 46.0 Å². The number of hydrogen-bond acceptors (Lipinski definition) is 6. The van der Waals surface area contributed by atoms with Crippen molar-refractivity contribution in [2.24, 2.45) is 0 Å². The van der Waals surface area contributed by atoms with Crippen LogP contribution < -0.4 is 10.2 Å². The maximum absolute atomic E-state index is 13.6. The number of nitrogens with zero attached hydrogens (tertiary/aromatic N) is 4. The molecule has 5 aromatic rings. The maximum Gasteiger partial charge on any atom is 0.268 e. The number of fused-ring (bicyclic) bond motifs is 1. The highest BCUT2D eigenvalue weighted by Crippen LogP contribution is 2.39. The van der Waals surface area contributed by atoms with E-state index in [1.54, 1.807) is 52.9 Å². The summed E-state index contributed by atoms with van der Waals surface area (Å²) < 4.78 is 15.4. The molecule has 0 aliphatic heterocycles. The van der Waals surface area contributed by atoms with E-state index in [0.717, 1.165) is 10.4 Å². The highest BCUT2D eigenvalue weighted by Gasteiger charge is 2.41. The lowest BCUT2D eigenvalue weighted by Crippen LogP contribution is -2.26. The van der Waals surface area contributed by atoms with Crippen LogP contribution in [-0.2, 0) is 6.54 Å². The zero-order chi connectivity index (χ0) is 27.1. The van der Waals surface area contributed by atoms with Crippen molar-refractivity contribution < 1.29 is 19.1 Å². The number of aliphatic hydroxyl groups is 1. The van der Waals surface area contributed by atoms with E-state index in [4.69, 9.17) is 0 Å². The molecule has 2 aromatic carbocycles. The molecule has 1 saturated carbocycles. The van der Waals surface area contributed by atoms with E-state index in [-0.39, 0.29) is 18.4 Å². The first-order chi connectivity index (χ1) is 18.8. The molecule has 1 aliphatic carbocycles. The lowest BCUT2D eigenvalue weighted by Gasteiger charge is -2.18. The molecule has 3 heterocycles. The van der Waals surface area contributed by atoms with Crippen LogP contribution in [0.1, 0.15) is 32.9 Å². The molecule has 0 saturated heterocycles. The number of anilines is 2. The lowest BCUT2D eigenvalue weighted by atomic mass is 10.2. The highest BCUT2D eigenvalue weighted by molar-refractivity contribution is 7.17. The molecule has 0 radical (unpaired) electrons. The molecular formula is C29H24FN5O3S. The summed E-state index contributed by atoms with van der Waals surface area (Å²) in [7, 11) is 1.70. The van der Waals surface area contributed by atoms with Crippen molar-refractivity contribution in [3.63, 3.8) is 0 Å². The van der Waals surface area contributed by atoms with Crippen molar-refractivity contribution in [3.05, 3.63) is 95.4 Å². The van der Waals surface area contributed by atoms with E-state index in [2.05, 4.69) is 15.3 Å². The standard InChI is InChI=1S/C29H24FN5O3S/c1-34(27(37)18-5-3-2-4-6-18)20-7-8-22-21(16-20)32-28(35(22)17-29(38)12-13-29)33-26(36)24-10-9-23(39-24)19-11-14-31-25(30)15-19/h2-11,14-16,38H,12-13,17H2,1H3,(H,32,33,36). The van der Waals surface area contributed by atoms with Gasteiger partial charge in [0.2, 0.25) is 11.9 Å². The summed E-state index contributed by atoms with van der Waals surface area (Å²) in [5.41, 5.74) is 2.33. The molecule has 196 valence electrons. The van der Waals surface area contributed by atoms with Gasteiger partial charge in [0, 0.05) is 35.4 Å². The molecule has 0 atom stereocenters. The van der Waals surface area contributed by atoms with Gasteiger partial charge in [-0.3, -0.25) is 14.9 Å². The predicted molar refractivity (Wildman–Crippen MR) is 149 cm³/mol. The zero-order valence-electron chi connectivity index (χ0n) is 21.0. The van der Waals surface area contributed by atoms with Crippen LogP contribution in [0.25, 0.3) is 21.5 Å². The molecule has 2 N–H and O–H groups in total. The summed E-state index contributed by atoms with van der Waals surface area (Å²) in [5.74, 6) is -0.807. The van der Waals surface area contributed by atoms with Gasteiger partial charge in [-0.25, -0.2) is 9.97 Å². The topological polar surface area (TPSA) is 100 Å². The van der Waals surface area contributed by atoms with Crippen LogP contribution in [0.2, 0.25) is 0 Å². The van der Waals surface area contributed by atoms with Gasteiger partial charge in [0.1, 0.15) is 0 Å². The van der Waals surface area contributed by atoms with Gasteiger partial charge in [0.15, 0.2) is 0 Å². The molecule has 0 bridgehead atoms. The highest BCUT2D eigenvalue weighted by atomic mass is 32.1. The Bertz CT molecular complexity index is 1710. The van der Waals surface area contributed by atoms with Crippen molar-refractivity contribution >= 4 is 45.8 Å². The number of nitrogens with one attached hydrogen (secondary N) is 1. The van der Waals surface area contributed by atoms with Crippen molar-refractivity contribution in [2.45, 2.75) is 25.0 Å². The second kappa shape index (κ2) is 9.72. The summed E-state index contributed by atoms with van der Waals surface area (Å²) in [4.78, 5) is 37.1. The minimum absolute atomic E-state index is 0.155. The minimum Gasteiger partial charge on any atom is -0.388 e. The quantitative estimate of drug-likeness (QED) is 0.271. The Hall–Kier alpha value is -4.41. The van der Waals surface area contributed by atoms with E-state index in [1.165, 1.54) is 23.6 Å². The molecule has 39 heavy (non-hydrogen) atoms. The van der Waals surface area contributed by atoms with Crippen LogP contribution in [0.15, 0.2) is 79.0 Å². The summed E-state index contributed by atoms with van der Waals surface area (Å²) in [5, 5.41) is 13.6. The van der Waals surface area contributed by atoms with E-state index < -0.39 is 11.5 Å². The Morgan fingerprint density at radius 3 is 2.64 bits per heavy atom. The molecular weight excluding hydrogens is 517 g/mol. The fraction of sp³-hybridized carbons (Fsp3) is 0.172. The predicted octanol–water partition coefficient (Wildman–Crippen LogP) is 5.35. The van der Waals surface area contributed by atoms with E-state index in [1.807, 2.05) is 30.3 Å². The summed E-state index contributed by atoms with van der Waals surface area (Å²) >= 11 is 1.23. The van der Waals surface area contributed by atoms with Gasteiger partial charge in [-0.05, 0) is 66.9 Å². The number of benzene rings is 2. The average molecular weight is 542 g/mol. The normalized spacial score (nSPS) is 13.8. The zero-order valence-corrected chi connectivity index (χ0v) is 21.8. The first-order valence-electron chi connectivity index (χ1n) is 12.4. The Morgan fingerprint density at radius 1 is 1.10 bits per heavy atom. The van der Waals surface area contributed by atoms with Crippen LogP contribution in [0.5, 0.6) is 0 Å². The first kappa shape index (κ1) is 24.9. The number of rotatable bonds is 7. The van der Waals surface area contributed by atoms with E-state index >= 15 is 0 Å². The van der Waals surface area contributed by atoms with Crippen molar-refractivity contribution in [1.29, 1.82) is 0 Å². The molecule has 0 spiro atoms. The molecule has 1 fully saturated rings. The van der Waals surface area contributed by atoms with Gasteiger partial charge in [0.25, 0.3) is 11.8 Å². The van der Waals surface area contributed by atoms with Gasteiger partial charge in [0.05, 0.1) is 28.1 Å². The van der Waals surface area contributed by atoms with Crippen LogP contribution in [0.4, 0.5) is 16.0 Å². The van der Waals surface area contributed by atoms with Crippen molar-refractivity contribution in [1.82, 2.24) is 14.5 Å². The molecule has 1 aliphatic rings. The smallest absolute Gasteiger partial charge is 0.268 e. The monoisotopic (exact) mass is 541 g/mol. The molecule has 8 nitrogen and oxygen atoms in total. The number of amides is 2. The van der Waals surface area contributed by atoms with Gasteiger partial charge < -0.3 is 14.6 Å². The van der Waals surface area contributed by atoms with Gasteiger partial charge in [-0.1, -0.05) is 18.2 Å². The number of thiophene rings is 1. The maximum atomic E-state index is 13.6. The second-order valence-electron chi connectivity index (χ2n) is 9.63. The first-order valence-corrected chi connectivity index (χ1v) is 13.2. The Balaban J connectivity index is 1.30. The molecule has 6 rings (SSSR count). The summed E-state index contributed by atoms with van der Waals surface area (Å²) in [6.45, 7) is 0.281. The minimum atomic E-state index is -0.840. The van der Waals surface area contributed by atoms with Crippen molar-refractivity contribution in [3.8, 4) is 10.4 Å². The number of carbonyl (C=O) groups is 2. The molecule has 3 aromatic heterocycles. The fourth-order valence-electron chi connectivity index (χ4n) is 4.40. The van der Waals surface area contributed by atoms with Crippen molar-refractivity contribution in [2.75, 3.05) is 17.3 Å². The van der Waals surface area contributed by atoms with E-state index in [9.17, 15) is 19.1 Å². The third-order valence-corrected chi connectivity index (χ3v) is 7.92. The van der Waals surface area contributed by atoms with Crippen LogP contribution in [0, 0.1) is 5.95 Å². The summed E-state index contributed by atoms with van der Waals surface area (Å²) in [6.07, 6.45) is 2.72. The van der Waals surface area contributed by atoms with Gasteiger partial charge in [-0.15, -0.1) is 11.3 Å². The third kappa shape index (κ3) is 5.04. The number of halogens is 1. The van der Waals surface area contributed by atoms with Gasteiger partial charge >= 0.3 is 0 Å². The lowest BCUT2D eigenvalue weighted by molar-refractivity contribution is 0.0991. The summed E-state index contributed by atoms with van der Waals surface area (Å²) in [6, 6.07) is 20.9. The number of pyridine rings is 1. The number of aromatic nitrogens is 3. The largest absolute Gasteiger partial charge is 0.388 e. The SMILES string of the molecule is CN(C(=O)c1ccccc1)c1ccc2c(c1)nc(NC(=O)c1ccc(-c3ccnc(F)c3)s1)n2CC1(O)CC1. The number of imidazole rings is 1. The number of hydrogen-bond donors (Lipinski definition) is 2. The fourth-order valence-corrected chi connectivity index (χ4v) is 5.30. The van der Waals surface area contributed by atoms with Crippen LogP contribution >= 0.6 is 11.3 Å². The van der Waals surface area contributed by atoms with Crippen LogP contribution in [0.3, 0.4) is 0 Å². The molecule has 0 unspecified atom stereocenters. The molecule has 10 heteroatoms. The average Bonchev–Trinajstić information content (AvgIpc) is 3.33. The van der Waals surface area contributed by atoms with Crippen LogP contribution in [-0.4, -0.2) is 44.1 Å². The third-order valence-electron chi connectivity index (χ3n) is 6.79. The Morgan fingerprint density at radius 2 is 1.90 bits per heavy atom. The van der Waals surface area contributed by atoms with Gasteiger partial charge in [-0.2, -0.15) is 4.39 Å².